The van der Waals surface area contributed by atoms with E-state index in [0.717, 1.165) is 0 Å². The van der Waals surface area contributed by atoms with Crippen LogP contribution in [-0.4, -0.2) is 17.6 Å². The molecule has 0 amide bonds. The van der Waals surface area contributed by atoms with Gasteiger partial charge in [0.15, 0.2) is 0 Å². The highest BCUT2D eigenvalue weighted by atomic mass is 15.4. The van der Waals surface area contributed by atoms with Crippen molar-refractivity contribution in [2.45, 2.75) is 161 Å². The van der Waals surface area contributed by atoms with Gasteiger partial charge >= 0.3 is 0 Å². The van der Waals surface area contributed by atoms with E-state index in [0.29, 0.717) is 6.17 Å². The summed E-state index contributed by atoms with van der Waals surface area (Å²) in [4.78, 5) is 5.15. The molecular formula is C34H60N2. The second kappa shape index (κ2) is 21.6. The molecular weight excluding hydrogens is 436 g/mol. The second-order valence-electron chi connectivity index (χ2n) is 11.3. The van der Waals surface area contributed by atoms with Crippen LogP contribution < -0.4 is 4.90 Å². The minimum atomic E-state index is 0.504. The molecule has 0 saturated carbocycles. The van der Waals surface area contributed by atoms with Crippen LogP contribution in [-0.2, 0) is 0 Å². The molecule has 0 saturated heterocycles. The van der Waals surface area contributed by atoms with Gasteiger partial charge in [0.1, 0.15) is 6.17 Å². The molecule has 2 rings (SSSR count). The van der Waals surface area contributed by atoms with Gasteiger partial charge in [-0.1, -0.05) is 154 Å². The number of benzene rings is 1. The second-order valence-corrected chi connectivity index (χ2v) is 11.3. The SMILES string of the molecule is CCCCCCCCCCCCCCN1C=CN(c2ccccc2)C1CCCCCCCCCCC. The lowest BCUT2D eigenvalue weighted by molar-refractivity contribution is 0.273. The van der Waals surface area contributed by atoms with E-state index in [-0.39, 0.29) is 0 Å². The van der Waals surface area contributed by atoms with Gasteiger partial charge in [-0.25, -0.2) is 0 Å². The molecule has 0 bridgehead atoms. The number of hydrogen-bond donors (Lipinski definition) is 0. The van der Waals surface area contributed by atoms with Gasteiger partial charge in [0.25, 0.3) is 0 Å². The van der Waals surface area contributed by atoms with E-state index in [9.17, 15) is 0 Å². The highest BCUT2D eigenvalue weighted by molar-refractivity contribution is 5.51. The Bertz CT molecular complexity index is 625. The minimum Gasteiger partial charge on any atom is -0.356 e. The molecule has 1 unspecified atom stereocenters. The Hall–Kier alpha value is -1.44. The zero-order valence-corrected chi connectivity index (χ0v) is 24.3. The lowest BCUT2D eigenvalue weighted by atomic mass is 10.0. The van der Waals surface area contributed by atoms with Gasteiger partial charge in [0, 0.05) is 24.6 Å². The monoisotopic (exact) mass is 496 g/mol. The smallest absolute Gasteiger partial charge is 0.105 e. The molecule has 0 aliphatic carbocycles. The number of para-hydroxylation sites is 1. The van der Waals surface area contributed by atoms with Crippen molar-refractivity contribution >= 4 is 5.69 Å². The molecule has 0 N–H and O–H groups in total. The molecule has 36 heavy (non-hydrogen) atoms. The van der Waals surface area contributed by atoms with E-state index in [2.05, 4.69) is 66.4 Å². The normalized spacial score (nSPS) is 15.3. The van der Waals surface area contributed by atoms with E-state index >= 15 is 0 Å². The zero-order valence-electron chi connectivity index (χ0n) is 24.3. The Morgan fingerprint density at radius 1 is 0.500 bits per heavy atom. The Balaban J connectivity index is 1.61. The molecule has 1 aromatic carbocycles. The first-order valence-electron chi connectivity index (χ1n) is 16.1. The quantitative estimate of drug-likeness (QED) is 0.131. The van der Waals surface area contributed by atoms with Gasteiger partial charge in [-0.05, 0) is 31.4 Å². The average molecular weight is 497 g/mol. The van der Waals surface area contributed by atoms with Crippen molar-refractivity contribution in [2.75, 3.05) is 11.4 Å². The Morgan fingerprint density at radius 2 is 0.944 bits per heavy atom. The van der Waals surface area contributed by atoms with E-state index in [1.54, 1.807) is 0 Å². The number of nitrogens with zero attached hydrogens (tertiary/aromatic N) is 2. The zero-order chi connectivity index (χ0) is 25.5. The number of rotatable bonds is 24. The van der Waals surface area contributed by atoms with Crippen molar-refractivity contribution in [3.8, 4) is 0 Å². The predicted molar refractivity (Wildman–Crippen MR) is 161 cm³/mol. The Kier molecular flexibility index (Phi) is 18.5. The molecule has 206 valence electrons. The van der Waals surface area contributed by atoms with Crippen molar-refractivity contribution in [1.29, 1.82) is 0 Å². The highest BCUT2D eigenvalue weighted by Gasteiger charge is 2.26. The number of hydrogen-bond acceptors (Lipinski definition) is 2. The predicted octanol–water partition coefficient (Wildman–Crippen LogP) is 11.2. The average Bonchev–Trinajstić information content (AvgIpc) is 3.31. The summed E-state index contributed by atoms with van der Waals surface area (Å²) >= 11 is 0. The summed E-state index contributed by atoms with van der Waals surface area (Å²) in [6.07, 6.45) is 36.2. The van der Waals surface area contributed by atoms with Gasteiger partial charge in [-0.15, -0.1) is 0 Å². The number of unbranched alkanes of at least 4 members (excludes halogenated alkanes) is 19. The fourth-order valence-corrected chi connectivity index (χ4v) is 5.68. The first-order valence-corrected chi connectivity index (χ1v) is 16.1. The fourth-order valence-electron chi connectivity index (χ4n) is 5.68. The van der Waals surface area contributed by atoms with Gasteiger partial charge in [0.2, 0.25) is 0 Å². The Morgan fingerprint density at radius 3 is 1.44 bits per heavy atom. The molecule has 1 aliphatic rings. The van der Waals surface area contributed by atoms with Gasteiger partial charge in [-0.2, -0.15) is 0 Å². The third kappa shape index (κ3) is 13.8. The van der Waals surface area contributed by atoms with E-state index < -0.39 is 0 Å². The van der Waals surface area contributed by atoms with Crippen LogP contribution in [0.15, 0.2) is 42.7 Å². The van der Waals surface area contributed by atoms with Crippen molar-refractivity contribution < 1.29 is 0 Å². The van der Waals surface area contributed by atoms with Crippen LogP contribution >= 0.6 is 0 Å². The highest BCUT2D eigenvalue weighted by Crippen LogP contribution is 2.28. The summed E-state index contributed by atoms with van der Waals surface area (Å²) in [6, 6.07) is 11.0. The summed E-state index contributed by atoms with van der Waals surface area (Å²) in [5.41, 5.74) is 1.34. The van der Waals surface area contributed by atoms with Crippen LogP contribution in [0.3, 0.4) is 0 Å². The van der Waals surface area contributed by atoms with E-state index in [4.69, 9.17) is 0 Å². The summed E-state index contributed by atoms with van der Waals surface area (Å²) in [6.45, 7) is 5.81. The molecule has 1 aromatic rings. The summed E-state index contributed by atoms with van der Waals surface area (Å²) in [5.74, 6) is 0. The molecule has 0 radical (unpaired) electrons. The fraction of sp³-hybridized carbons (Fsp3) is 0.765. The molecule has 1 atom stereocenters. The summed E-state index contributed by atoms with van der Waals surface area (Å²) in [7, 11) is 0. The first kappa shape index (κ1) is 30.8. The van der Waals surface area contributed by atoms with Gasteiger partial charge in [-0.3, -0.25) is 0 Å². The van der Waals surface area contributed by atoms with Gasteiger partial charge in [0.05, 0.1) is 0 Å². The van der Waals surface area contributed by atoms with Crippen LogP contribution in [0.2, 0.25) is 0 Å². The minimum absolute atomic E-state index is 0.504. The number of anilines is 1. The molecule has 0 spiro atoms. The van der Waals surface area contributed by atoms with Crippen molar-refractivity contribution in [3.05, 3.63) is 42.7 Å². The van der Waals surface area contributed by atoms with E-state index in [1.165, 1.54) is 153 Å². The molecule has 2 nitrogen and oxygen atoms in total. The summed E-state index contributed by atoms with van der Waals surface area (Å²) < 4.78 is 0. The lowest BCUT2D eigenvalue weighted by Crippen LogP contribution is -2.39. The van der Waals surface area contributed by atoms with Crippen molar-refractivity contribution in [2.24, 2.45) is 0 Å². The third-order valence-corrected chi connectivity index (χ3v) is 8.01. The van der Waals surface area contributed by atoms with Crippen LogP contribution in [0.4, 0.5) is 5.69 Å². The first-order chi connectivity index (χ1) is 17.9. The Labute approximate surface area is 225 Å². The third-order valence-electron chi connectivity index (χ3n) is 8.01. The van der Waals surface area contributed by atoms with Crippen LogP contribution in [0.5, 0.6) is 0 Å². The maximum atomic E-state index is 2.63. The maximum absolute atomic E-state index is 2.63. The van der Waals surface area contributed by atoms with Crippen LogP contribution in [0.25, 0.3) is 0 Å². The molecule has 0 fully saturated rings. The largest absolute Gasteiger partial charge is 0.356 e. The molecule has 1 heterocycles. The maximum Gasteiger partial charge on any atom is 0.105 e. The van der Waals surface area contributed by atoms with Crippen LogP contribution in [0.1, 0.15) is 155 Å². The topological polar surface area (TPSA) is 6.48 Å². The van der Waals surface area contributed by atoms with Gasteiger partial charge < -0.3 is 9.80 Å². The molecule has 2 heteroatoms. The van der Waals surface area contributed by atoms with Crippen molar-refractivity contribution in [3.63, 3.8) is 0 Å². The summed E-state index contributed by atoms with van der Waals surface area (Å²) in [5, 5.41) is 0. The standard InChI is InChI=1S/C34H60N2/c1-3-5-7-9-11-13-14-15-17-19-21-26-30-35-31-32-36(33-27-23-22-24-28-33)34(35)29-25-20-18-16-12-10-8-6-4-2/h22-24,27-28,31-32,34H,3-21,25-26,29-30H2,1-2H3. The molecule has 1 aliphatic heterocycles. The molecule has 0 aromatic heterocycles. The van der Waals surface area contributed by atoms with Crippen molar-refractivity contribution in [1.82, 2.24) is 4.90 Å². The lowest BCUT2D eigenvalue weighted by Gasteiger charge is -2.33. The van der Waals surface area contributed by atoms with Crippen LogP contribution in [0, 0.1) is 0 Å². The van der Waals surface area contributed by atoms with E-state index in [1.807, 2.05) is 0 Å².